The standard InChI is InChI=1S/C19H18N4O2/c1-12-7-10-15(18(23-24)22-14-8-9-14)19(21-12)25-16-6-2-4-13-5-3-11-20-17(13)16/h2-7,10-11,14,24H,8-9H2,1H3,(H,22,23). The Hall–Kier alpha value is -2.99. The third-order valence-electron chi connectivity index (χ3n) is 4.02. The first-order valence-electron chi connectivity index (χ1n) is 8.22. The van der Waals surface area contributed by atoms with Crippen molar-refractivity contribution in [2.45, 2.75) is 25.8 Å². The smallest absolute Gasteiger partial charge is 0.230 e. The minimum atomic E-state index is 0.253. The fourth-order valence-corrected chi connectivity index (χ4v) is 2.60. The minimum Gasteiger partial charge on any atom is -0.436 e. The van der Waals surface area contributed by atoms with Crippen molar-refractivity contribution in [3.63, 3.8) is 0 Å². The molecule has 2 N–H and O–H groups in total. The number of nitrogens with one attached hydrogen (secondary N) is 1. The van der Waals surface area contributed by atoms with Crippen molar-refractivity contribution in [1.82, 2.24) is 15.4 Å². The summed E-state index contributed by atoms with van der Waals surface area (Å²) in [4.78, 5) is 13.4. The SMILES string of the molecule is Cc1ccc(C(=NC2CC2)NO)c(Oc2cccc3cccnc23)n1. The average molecular weight is 334 g/mol. The van der Waals surface area contributed by atoms with Crippen LogP contribution in [0.2, 0.25) is 0 Å². The molecule has 2 aromatic heterocycles. The van der Waals surface area contributed by atoms with Gasteiger partial charge in [-0.2, -0.15) is 0 Å². The highest BCUT2D eigenvalue weighted by Gasteiger charge is 2.23. The van der Waals surface area contributed by atoms with Gasteiger partial charge in [0.05, 0.1) is 11.6 Å². The van der Waals surface area contributed by atoms with Crippen molar-refractivity contribution in [1.29, 1.82) is 0 Å². The molecular weight excluding hydrogens is 316 g/mol. The molecule has 6 heteroatoms. The number of fused-ring (bicyclic) bond motifs is 1. The Balaban J connectivity index is 1.78. The first-order chi connectivity index (χ1) is 12.2. The van der Waals surface area contributed by atoms with E-state index in [-0.39, 0.29) is 6.04 Å². The Morgan fingerprint density at radius 2 is 2.04 bits per heavy atom. The van der Waals surface area contributed by atoms with Crippen molar-refractivity contribution in [2.24, 2.45) is 4.99 Å². The molecule has 0 unspecified atom stereocenters. The van der Waals surface area contributed by atoms with Crippen LogP contribution in [0.5, 0.6) is 11.6 Å². The monoisotopic (exact) mass is 334 g/mol. The number of aryl methyl sites for hydroxylation is 1. The molecular formula is C19H18N4O2. The van der Waals surface area contributed by atoms with E-state index < -0.39 is 0 Å². The highest BCUT2D eigenvalue weighted by atomic mass is 16.5. The van der Waals surface area contributed by atoms with Gasteiger partial charge in [0, 0.05) is 17.3 Å². The third-order valence-corrected chi connectivity index (χ3v) is 4.02. The number of amidine groups is 1. The topological polar surface area (TPSA) is 79.6 Å². The Kier molecular flexibility index (Phi) is 4.03. The maximum Gasteiger partial charge on any atom is 0.230 e. The Morgan fingerprint density at radius 1 is 1.20 bits per heavy atom. The number of para-hydroxylation sites is 1. The summed E-state index contributed by atoms with van der Waals surface area (Å²) in [7, 11) is 0. The van der Waals surface area contributed by atoms with Gasteiger partial charge in [-0.05, 0) is 44.0 Å². The first-order valence-corrected chi connectivity index (χ1v) is 8.22. The van der Waals surface area contributed by atoms with E-state index in [1.165, 1.54) is 0 Å². The number of rotatable bonds is 4. The Morgan fingerprint density at radius 3 is 2.84 bits per heavy atom. The second-order valence-electron chi connectivity index (χ2n) is 6.06. The zero-order chi connectivity index (χ0) is 17.2. The van der Waals surface area contributed by atoms with Crippen molar-refractivity contribution in [3.8, 4) is 11.6 Å². The highest BCUT2D eigenvalue weighted by molar-refractivity contribution is 6.00. The summed E-state index contributed by atoms with van der Waals surface area (Å²) in [5.74, 6) is 1.37. The summed E-state index contributed by atoms with van der Waals surface area (Å²) >= 11 is 0. The van der Waals surface area contributed by atoms with Crippen LogP contribution in [0.25, 0.3) is 10.9 Å². The number of pyridine rings is 2. The summed E-state index contributed by atoms with van der Waals surface area (Å²) in [5, 5.41) is 10.5. The number of aromatic nitrogens is 2. The van der Waals surface area contributed by atoms with Crippen LogP contribution in [0.3, 0.4) is 0 Å². The van der Waals surface area contributed by atoms with Gasteiger partial charge in [0.25, 0.3) is 0 Å². The molecule has 6 nitrogen and oxygen atoms in total. The molecule has 0 amide bonds. The number of benzene rings is 1. The maximum atomic E-state index is 9.51. The van der Waals surface area contributed by atoms with Crippen LogP contribution in [0.15, 0.2) is 53.7 Å². The quantitative estimate of drug-likeness (QED) is 0.433. The van der Waals surface area contributed by atoms with E-state index in [2.05, 4.69) is 20.4 Å². The van der Waals surface area contributed by atoms with E-state index >= 15 is 0 Å². The molecule has 0 bridgehead atoms. The second-order valence-corrected chi connectivity index (χ2v) is 6.06. The predicted molar refractivity (Wildman–Crippen MR) is 95.3 cm³/mol. The van der Waals surface area contributed by atoms with Crippen LogP contribution in [-0.2, 0) is 0 Å². The van der Waals surface area contributed by atoms with Crippen molar-refractivity contribution in [3.05, 3.63) is 59.9 Å². The largest absolute Gasteiger partial charge is 0.436 e. The lowest BCUT2D eigenvalue weighted by Crippen LogP contribution is -2.22. The van der Waals surface area contributed by atoms with Gasteiger partial charge in [0.15, 0.2) is 11.6 Å². The van der Waals surface area contributed by atoms with Crippen molar-refractivity contribution < 1.29 is 9.94 Å². The number of hydrogen-bond donors (Lipinski definition) is 2. The molecule has 3 aromatic rings. The van der Waals surface area contributed by atoms with Gasteiger partial charge < -0.3 is 4.74 Å². The molecule has 0 radical (unpaired) electrons. The molecule has 0 saturated heterocycles. The predicted octanol–water partition coefficient (Wildman–Crippen LogP) is 3.62. The summed E-state index contributed by atoms with van der Waals surface area (Å²) in [6.07, 6.45) is 3.80. The zero-order valence-corrected chi connectivity index (χ0v) is 13.8. The Bertz CT molecular complexity index is 946. The van der Waals surface area contributed by atoms with E-state index in [4.69, 9.17) is 4.74 Å². The van der Waals surface area contributed by atoms with Gasteiger partial charge in [-0.25, -0.2) is 4.98 Å². The van der Waals surface area contributed by atoms with E-state index in [1.54, 1.807) is 6.20 Å². The van der Waals surface area contributed by atoms with Gasteiger partial charge in [0.2, 0.25) is 5.88 Å². The molecule has 0 spiro atoms. The second kappa shape index (κ2) is 6.49. The molecule has 0 atom stereocenters. The lowest BCUT2D eigenvalue weighted by atomic mass is 10.2. The fraction of sp³-hybridized carbons (Fsp3) is 0.211. The number of hydroxylamine groups is 1. The van der Waals surface area contributed by atoms with Crippen LogP contribution in [0.1, 0.15) is 24.1 Å². The lowest BCUT2D eigenvalue weighted by molar-refractivity contribution is 0.234. The number of ether oxygens (including phenoxy) is 1. The fourth-order valence-electron chi connectivity index (χ4n) is 2.60. The van der Waals surface area contributed by atoms with Crippen LogP contribution in [0.4, 0.5) is 0 Å². The van der Waals surface area contributed by atoms with Crippen molar-refractivity contribution >= 4 is 16.7 Å². The van der Waals surface area contributed by atoms with Crippen LogP contribution in [0, 0.1) is 6.92 Å². The number of hydrogen-bond acceptors (Lipinski definition) is 5. The zero-order valence-electron chi connectivity index (χ0n) is 13.8. The molecule has 1 aliphatic carbocycles. The van der Waals surface area contributed by atoms with Crippen LogP contribution in [-0.4, -0.2) is 27.1 Å². The molecule has 1 aliphatic rings. The number of aliphatic imine (C=N–C) groups is 1. The van der Waals surface area contributed by atoms with Gasteiger partial charge in [-0.3, -0.25) is 20.7 Å². The van der Waals surface area contributed by atoms with Gasteiger partial charge in [-0.15, -0.1) is 0 Å². The lowest BCUT2D eigenvalue weighted by Gasteiger charge is -2.13. The van der Waals surface area contributed by atoms with E-state index in [9.17, 15) is 5.21 Å². The van der Waals surface area contributed by atoms with Gasteiger partial charge >= 0.3 is 0 Å². The molecule has 1 fully saturated rings. The molecule has 25 heavy (non-hydrogen) atoms. The molecule has 126 valence electrons. The Labute approximate surface area is 145 Å². The van der Waals surface area contributed by atoms with E-state index in [0.717, 1.165) is 29.4 Å². The van der Waals surface area contributed by atoms with Gasteiger partial charge in [-0.1, -0.05) is 18.2 Å². The molecule has 0 aliphatic heterocycles. The number of nitrogens with zero attached hydrogens (tertiary/aromatic N) is 3. The van der Waals surface area contributed by atoms with Crippen LogP contribution >= 0.6 is 0 Å². The molecule has 2 heterocycles. The normalized spacial score (nSPS) is 14.6. The summed E-state index contributed by atoms with van der Waals surface area (Å²) < 4.78 is 6.08. The molecule has 1 aromatic carbocycles. The minimum absolute atomic E-state index is 0.253. The van der Waals surface area contributed by atoms with E-state index in [0.29, 0.717) is 23.0 Å². The average Bonchev–Trinajstić information content (AvgIpc) is 3.45. The third kappa shape index (κ3) is 3.29. The maximum absolute atomic E-state index is 9.51. The van der Waals surface area contributed by atoms with Gasteiger partial charge in [0.1, 0.15) is 5.52 Å². The highest BCUT2D eigenvalue weighted by Crippen LogP contribution is 2.30. The summed E-state index contributed by atoms with van der Waals surface area (Å²) in [5.41, 5.74) is 4.38. The first kappa shape index (κ1) is 15.5. The summed E-state index contributed by atoms with van der Waals surface area (Å²) in [6, 6.07) is 13.6. The van der Waals surface area contributed by atoms with Crippen LogP contribution < -0.4 is 10.2 Å². The van der Waals surface area contributed by atoms with Crippen molar-refractivity contribution in [2.75, 3.05) is 0 Å². The van der Waals surface area contributed by atoms with E-state index in [1.807, 2.05) is 49.4 Å². The molecule has 4 rings (SSSR count). The summed E-state index contributed by atoms with van der Waals surface area (Å²) in [6.45, 7) is 1.89. The molecule has 1 saturated carbocycles.